The summed E-state index contributed by atoms with van der Waals surface area (Å²) in [6, 6.07) is 10.3. The third-order valence-electron chi connectivity index (χ3n) is 3.61. The first-order chi connectivity index (χ1) is 13.0. The van der Waals surface area contributed by atoms with Crippen molar-refractivity contribution in [3.05, 3.63) is 71.9 Å². The largest absolute Gasteiger partial charge is 0.349 e. The summed E-state index contributed by atoms with van der Waals surface area (Å²) in [7, 11) is 0. The van der Waals surface area contributed by atoms with E-state index in [1.54, 1.807) is 41.5 Å². The summed E-state index contributed by atoms with van der Waals surface area (Å²) in [5, 5.41) is 9.77. The summed E-state index contributed by atoms with van der Waals surface area (Å²) in [6.45, 7) is 4.01. The van der Waals surface area contributed by atoms with Crippen molar-refractivity contribution in [2.24, 2.45) is 0 Å². The molecule has 0 aromatic carbocycles. The summed E-state index contributed by atoms with van der Waals surface area (Å²) >= 11 is 0. The van der Waals surface area contributed by atoms with Crippen LogP contribution in [0.5, 0.6) is 0 Å². The van der Waals surface area contributed by atoms with E-state index in [1.807, 2.05) is 32.0 Å². The van der Waals surface area contributed by atoms with Gasteiger partial charge in [-0.2, -0.15) is 5.10 Å². The second kappa shape index (κ2) is 8.22. The number of hydrogen-bond acceptors (Lipinski definition) is 5. The first-order valence-corrected chi connectivity index (χ1v) is 8.54. The normalized spacial score (nSPS) is 10.6. The van der Waals surface area contributed by atoms with Crippen LogP contribution in [0.4, 0.5) is 0 Å². The SMILES string of the molecule is CC(C)NC(=O)c1cccc(C(=O)NCc2cnn(-c3ccccn3)c2)n1. The predicted molar refractivity (Wildman–Crippen MR) is 99.4 cm³/mol. The summed E-state index contributed by atoms with van der Waals surface area (Å²) in [5.41, 5.74) is 1.21. The Balaban J connectivity index is 1.63. The zero-order valence-electron chi connectivity index (χ0n) is 15.1. The third kappa shape index (κ3) is 4.75. The number of amides is 2. The third-order valence-corrected chi connectivity index (χ3v) is 3.61. The lowest BCUT2D eigenvalue weighted by Gasteiger charge is -2.08. The van der Waals surface area contributed by atoms with Crippen molar-refractivity contribution >= 4 is 11.8 Å². The lowest BCUT2D eigenvalue weighted by atomic mass is 10.2. The van der Waals surface area contributed by atoms with Crippen LogP contribution >= 0.6 is 0 Å². The molecular formula is C19H20N6O2. The van der Waals surface area contributed by atoms with Gasteiger partial charge in [-0.05, 0) is 38.1 Å². The molecule has 0 bridgehead atoms. The maximum atomic E-state index is 12.3. The number of rotatable bonds is 6. The van der Waals surface area contributed by atoms with Crippen LogP contribution in [-0.2, 0) is 6.54 Å². The van der Waals surface area contributed by atoms with E-state index in [9.17, 15) is 9.59 Å². The molecule has 0 saturated carbocycles. The van der Waals surface area contributed by atoms with E-state index >= 15 is 0 Å². The summed E-state index contributed by atoms with van der Waals surface area (Å²) < 4.78 is 1.64. The van der Waals surface area contributed by atoms with Crippen molar-refractivity contribution in [3.8, 4) is 5.82 Å². The maximum Gasteiger partial charge on any atom is 0.270 e. The van der Waals surface area contributed by atoms with Crippen molar-refractivity contribution in [2.45, 2.75) is 26.4 Å². The molecule has 0 aliphatic rings. The molecule has 0 fully saturated rings. The van der Waals surface area contributed by atoms with Gasteiger partial charge in [0.15, 0.2) is 5.82 Å². The number of hydrogen-bond donors (Lipinski definition) is 2. The van der Waals surface area contributed by atoms with Gasteiger partial charge in [-0.25, -0.2) is 14.6 Å². The highest BCUT2D eigenvalue weighted by Crippen LogP contribution is 2.06. The standard InChI is InChI=1S/C19H20N6O2/c1-13(2)23-19(27)16-7-5-6-15(24-16)18(26)21-10-14-11-22-25(12-14)17-8-3-4-9-20-17/h3-9,11-13H,10H2,1-2H3,(H,21,26)(H,23,27). The van der Waals surface area contributed by atoms with E-state index in [0.717, 1.165) is 5.56 Å². The maximum absolute atomic E-state index is 12.3. The molecule has 0 atom stereocenters. The second-order valence-electron chi connectivity index (χ2n) is 6.20. The molecular weight excluding hydrogens is 344 g/mol. The van der Waals surface area contributed by atoms with Crippen LogP contribution in [0.1, 0.15) is 40.4 Å². The Labute approximate surface area is 156 Å². The lowest BCUT2D eigenvalue weighted by molar-refractivity contribution is 0.0936. The van der Waals surface area contributed by atoms with Crippen molar-refractivity contribution in [1.29, 1.82) is 0 Å². The van der Waals surface area contributed by atoms with Gasteiger partial charge in [-0.15, -0.1) is 0 Å². The Morgan fingerprint density at radius 2 is 1.85 bits per heavy atom. The fourth-order valence-electron chi connectivity index (χ4n) is 2.36. The number of pyridine rings is 2. The molecule has 0 aliphatic heterocycles. The van der Waals surface area contributed by atoms with Gasteiger partial charge in [0.05, 0.1) is 6.20 Å². The van der Waals surface area contributed by atoms with Crippen molar-refractivity contribution in [3.63, 3.8) is 0 Å². The minimum absolute atomic E-state index is 0.00701. The van der Waals surface area contributed by atoms with Crippen molar-refractivity contribution in [2.75, 3.05) is 0 Å². The Bertz CT molecular complexity index is 936. The van der Waals surface area contributed by atoms with Gasteiger partial charge in [0, 0.05) is 30.5 Å². The summed E-state index contributed by atoms with van der Waals surface area (Å²) in [6.07, 6.45) is 5.14. The molecule has 0 aliphatic carbocycles. The van der Waals surface area contributed by atoms with Crippen LogP contribution in [0.15, 0.2) is 55.0 Å². The van der Waals surface area contributed by atoms with Gasteiger partial charge in [-0.3, -0.25) is 9.59 Å². The van der Waals surface area contributed by atoms with E-state index in [4.69, 9.17) is 0 Å². The van der Waals surface area contributed by atoms with Crippen LogP contribution < -0.4 is 10.6 Å². The van der Waals surface area contributed by atoms with Gasteiger partial charge >= 0.3 is 0 Å². The van der Waals surface area contributed by atoms with Crippen molar-refractivity contribution in [1.82, 2.24) is 30.4 Å². The monoisotopic (exact) mass is 364 g/mol. The molecule has 2 N–H and O–H groups in total. The van der Waals surface area contributed by atoms with Crippen molar-refractivity contribution < 1.29 is 9.59 Å². The highest BCUT2D eigenvalue weighted by molar-refractivity contribution is 5.96. The van der Waals surface area contributed by atoms with Gasteiger partial charge in [0.2, 0.25) is 0 Å². The molecule has 3 aromatic rings. The minimum atomic E-state index is -0.361. The van der Waals surface area contributed by atoms with Crippen LogP contribution in [0, 0.1) is 0 Å². The van der Waals surface area contributed by atoms with E-state index in [2.05, 4.69) is 25.7 Å². The van der Waals surface area contributed by atoms with E-state index in [-0.39, 0.29) is 35.8 Å². The average molecular weight is 364 g/mol. The van der Waals surface area contributed by atoms with E-state index in [0.29, 0.717) is 5.82 Å². The van der Waals surface area contributed by atoms with Gasteiger partial charge < -0.3 is 10.6 Å². The topological polar surface area (TPSA) is 102 Å². The highest BCUT2D eigenvalue weighted by Gasteiger charge is 2.13. The van der Waals surface area contributed by atoms with Gasteiger partial charge in [0.25, 0.3) is 11.8 Å². The number of carbonyl (C=O) groups excluding carboxylic acids is 2. The molecule has 3 heterocycles. The molecule has 0 spiro atoms. The molecule has 0 radical (unpaired) electrons. The first kappa shape index (κ1) is 18.2. The summed E-state index contributed by atoms with van der Waals surface area (Å²) in [4.78, 5) is 32.7. The number of nitrogens with zero attached hydrogens (tertiary/aromatic N) is 4. The fourth-order valence-corrected chi connectivity index (χ4v) is 2.36. The van der Waals surface area contributed by atoms with Crippen LogP contribution in [0.2, 0.25) is 0 Å². The lowest BCUT2D eigenvalue weighted by Crippen LogP contribution is -2.31. The van der Waals surface area contributed by atoms with E-state index < -0.39 is 0 Å². The fraction of sp³-hybridized carbons (Fsp3) is 0.211. The average Bonchev–Trinajstić information content (AvgIpc) is 3.15. The van der Waals surface area contributed by atoms with Gasteiger partial charge in [0.1, 0.15) is 11.4 Å². The first-order valence-electron chi connectivity index (χ1n) is 8.54. The van der Waals surface area contributed by atoms with Gasteiger partial charge in [-0.1, -0.05) is 12.1 Å². The Morgan fingerprint density at radius 1 is 1.07 bits per heavy atom. The zero-order chi connectivity index (χ0) is 19.2. The molecule has 138 valence electrons. The quantitative estimate of drug-likeness (QED) is 0.694. The minimum Gasteiger partial charge on any atom is -0.349 e. The molecule has 8 heteroatoms. The highest BCUT2D eigenvalue weighted by atomic mass is 16.2. The van der Waals surface area contributed by atoms with E-state index in [1.165, 1.54) is 0 Å². The number of carbonyl (C=O) groups is 2. The van der Waals surface area contributed by atoms with Crippen LogP contribution in [0.3, 0.4) is 0 Å². The molecule has 8 nitrogen and oxygen atoms in total. The summed E-state index contributed by atoms with van der Waals surface area (Å²) in [5.74, 6) is 0.0247. The number of nitrogens with one attached hydrogen (secondary N) is 2. The molecule has 27 heavy (non-hydrogen) atoms. The Kier molecular flexibility index (Phi) is 5.55. The molecule has 2 amide bonds. The molecule has 0 saturated heterocycles. The Hall–Kier alpha value is -3.55. The molecule has 3 rings (SSSR count). The number of aromatic nitrogens is 4. The van der Waals surface area contributed by atoms with Crippen LogP contribution in [-0.4, -0.2) is 37.6 Å². The molecule has 3 aromatic heterocycles. The predicted octanol–water partition coefficient (Wildman–Crippen LogP) is 1.73. The second-order valence-corrected chi connectivity index (χ2v) is 6.20. The Morgan fingerprint density at radius 3 is 2.56 bits per heavy atom. The zero-order valence-corrected chi connectivity index (χ0v) is 15.1. The smallest absolute Gasteiger partial charge is 0.270 e. The van der Waals surface area contributed by atoms with Crippen LogP contribution in [0.25, 0.3) is 5.82 Å². The molecule has 0 unspecified atom stereocenters.